The van der Waals surface area contributed by atoms with Gasteiger partial charge in [-0.15, -0.1) is 11.8 Å². The average molecular weight is 330 g/mol. The maximum atomic E-state index is 14.0. The molecule has 2 N–H and O–H groups in total. The van der Waals surface area contributed by atoms with E-state index in [4.69, 9.17) is 0 Å². The van der Waals surface area contributed by atoms with Crippen molar-refractivity contribution in [3.63, 3.8) is 0 Å². The molecule has 0 bridgehead atoms. The lowest BCUT2D eigenvalue weighted by atomic mass is 10.1. The second-order valence-electron chi connectivity index (χ2n) is 5.54. The van der Waals surface area contributed by atoms with Crippen LogP contribution in [0.2, 0.25) is 0 Å². The number of carbonyl (C=O) groups excluding carboxylic acids is 1. The first-order valence-electron chi connectivity index (χ1n) is 7.71. The minimum atomic E-state index is -0.464. The van der Waals surface area contributed by atoms with Gasteiger partial charge in [0.25, 0.3) is 0 Å². The first-order chi connectivity index (χ1) is 11.2. The Morgan fingerprint density at radius 3 is 2.61 bits per heavy atom. The highest BCUT2D eigenvalue weighted by Gasteiger charge is 2.26. The van der Waals surface area contributed by atoms with Crippen LogP contribution in [-0.2, 0) is 4.79 Å². The fourth-order valence-corrected chi connectivity index (χ4v) is 3.68. The molecule has 2 atom stereocenters. The summed E-state index contributed by atoms with van der Waals surface area (Å²) in [6.07, 6.45) is 0.928. The lowest BCUT2D eigenvalue weighted by molar-refractivity contribution is -0.121. The van der Waals surface area contributed by atoms with Gasteiger partial charge in [0.05, 0.1) is 0 Å². The SMILES string of the molecule is O=C(NC1CCNC1)C(Sc1ccccc1F)c1ccccc1. The summed E-state index contributed by atoms with van der Waals surface area (Å²) in [5, 5.41) is 5.84. The Kier molecular flexibility index (Phi) is 5.31. The van der Waals surface area contributed by atoms with Crippen molar-refractivity contribution >= 4 is 17.7 Å². The highest BCUT2D eigenvalue weighted by atomic mass is 32.2. The minimum absolute atomic E-state index is 0.0712. The molecule has 3 nitrogen and oxygen atoms in total. The molecule has 3 rings (SSSR count). The van der Waals surface area contributed by atoms with Crippen LogP contribution in [0.3, 0.4) is 0 Å². The van der Waals surface area contributed by atoms with E-state index in [1.807, 2.05) is 30.3 Å². The molecule has 2 aromatic carbocycles. The summed E-state index contributed by atoms with van der Waals surface area (Å²) in [6, 6.07) is 16.2. The molecule has 120 valence electrons. The summed E-state index contributed by atoms with van der Waals surface area (Å²) >= 11 is 1.25. The summed E-state index contributed by atoms with van der Waals surface area (Å²) < 4.78 is 14.0. The predicted molar refractivity (Wildman–Crippen MR) is 90.9 cm³/mol. The van der Waals surface area contributed by atoms with Crippen molar-refractivity contribution in [2.24, 2.45) is 0 Å². The van der Waals surface area contributed by atoms with Crippen LogP contribution in [0.25, 0.3) is 0 Å². The van der Waals surface area contributed by atoms with E-state index in [9.17, 15) is 9.18 Å². The Hall–Kier alpha value is -1.85. The smallest absolute Gasteiger partial charge is 0.238 e. The number of carbonyl (C=O) groups is 1. The third kappa shape index (κ3) is 4.12. The van der Waals surface area contributed by atoms with E-state index in [1.54, 1.807) is 18.2 Å². The van der Waals surface area contributed by atoms with Gasteiger partial charge in [0.2, 0.25) is 5.91 Å². The van der Waals surface area contributed by atoms with Crippen LogP contribution in [-0.4, -0.2) is 25.0 Å². The fraction of sp³-hybridized carbons (Fsp3) is 0.278. The summed E-state index contributed by atoms with van der Waals surface area (Å²) in [5.41, 5.74) is 0.879. The Labute approximate surface area is 139 Å². The van der Waals surface area contributed by atoms with Crippen LogP contribution in [0, 0.1) is 5.82 Å². The van der Waals surface area contributed by atoms with Crippen LogP contribution < -0.4 is 10.6 Å². The van der Waals surface area contributed by atoms with Crippen molar-refractivity contribution in [3.8, 4) is 0 Å². The summed E-state index contributed by atoms with van der Waals surface area (Å²) in [6.45, 7) is 1.71. The molecular formula is C18H19FN2OS. The molecule has 1 aliphatic heterocycles. The number of nitrogens with one attached hydrogen (secondary N) is 2. The quantitative estimate of drug-likeness (QED) is 0.828. The van der Waals surface area contributed by atoms with Crippen molar-refractivity contribution < 1.29 is 9.18 Å². The number of rotatable bonds is 5. The van der Waals surface area contributed by atoms with Crippen LogP contribution in [0.1, 0.15) is 17.2 Å². The Bertz CT molecular complexity index is 659. The summed E-state index contributed by atoms with van der Waals surface area (Å²) in [4.78, 5) is 13.2. The van der Waals surface area contributed by atoms with E-state index >= 15 is 0 Å². The zero-order valence-corrected chi connectivity index (χ0v) is 13.5. The largest absolute Gasteiger partial charge is 0.351 e. The monoisotopic (exact) mass is 330 g/mol. The summed E-state index contributed by atoms with van der Waals surface area (Å²) in [5.74, 6) is -0.369. The highest BCUT2D eigenvalue weighted by molar-refractivity contribution is 8.00. The molecular weight excluding hydrogens is 311 g/mol. The molecule has 23 heavy (non-hydrogen) atoms. The van der Waals surface area contributed by atoms with Gasteiger partial charge in [-0.05, 0) is 30.7 Å². The molecule has 1 amide bonds. The van der Waals surface area contributed by atoms with E-state index in [0.29, 0.717) is 4.90 Å². The van der Waals surface area contributed by atoms with Crippen molar-refractivity contribution in [1.29, 1.82) is 0 Å². The van der Waals surface area contributed by atoms with Crippen molar-refractivity contribution in [2.75, 3.05) is 13.1 Å². The lowest BCUT2D eigenvalue weighted by Crippen LogP contribution is -2.38. The maximum Gasteiger partial charge on any atom is 0.238 e. The van der Waals surface area contributed by atoms with Gasteiger partial charge in [-0.3, -0.25) is 4.79 Å². The number of thioether (sulfide) groups is 1. The van der Waals surface area contributed by atoms with E-state index in [2.05, 4.69) is 10.6 Å². The molecule has 0 radical (unpaired) electrons. The van der Waals surface area contributed by atoms with Crippen molar-refractivity contribution in [1.82, 2.24) is 10.6 Å². The van der Waals surface area contributed by atoms with Gasteiger partial charge >= 0.3 is 0 Å². The van der Waals surface area contributed by atoms with Crippen molar-refractivity contribution in [3.05, 3.63) is 66.0 Å². The van der Waals surface area contributed by atoms with Crippen molar-refractivity contribution in [2.45, 2.75) is 22.6 Å². The van der Waals surface area contributed by atoms with E-state index in [-0.39, 0.29) is 17.8 Å². The Morgan fingerprint density at radius 1 is 1.17 bits per heavy atom. The standard InChI is InChI=1S/C18H19FN2OS/c19-15-8-4-5-9-16(15)23-17(13-6-2-1-3-7-13)18(22)21-14-10-11-20-12-14/h1-9,14,17,20H,10-12H2,(H,21,22). The first kappa shape index (κ1) is 16.0. The molecule has 0 aromatic heterocycles. The Balaban J connectivity index is 1.81. The number of hydrogen-bond acceptors (Lipinski definition) is 3. The van der Waals surface area contributed by atoms with Crippen LogP contribution in [0.4, 0.5) is 4.39 Å². The zero-order valence-electron chi connectivity index (χ0n) is 12.7. The molecule has 1 heterocycles. The number of halogens is 1. The van der Waals surface area contributed by atoms with Gasteiger partial charge in [0.1, 0.15) is 11.1 Å². The number of hydrogen-bond donors (Lipinski definition) is 2. The number of amides is 1. The van der Waals surface area contributed by atoms with Gasteiger partial charge in [0, 0.05) is 17.5 Å². The van der Waals surface area contributed by atoms with Gasteiger partial charge in [-0.2, -0.15) is 0 Å². The molecule has 0 saturated carbocycles. The van der Waals surface area contributed by atoms with Gasteiger partial charge in [-0.1, -0.05) is 42.5 Å². The molecule has 2 aromatic rings. The normalized spacial score (nSPS) is 18.6. The molecule has 1 saturated heterocycles. The maximum absolute atomic E-state index is 14.0. The third-order valence-corrected chi connectivity index (χ3v) is 5.14. The highest BCUT2D eigenvalue weighted by Crippen LogP contribution is 2.36. The van der Waals surface area contributed by atoms with E-state index in [1.165, 1.54) is 17.8 Å². The Morgan fingerprint density at radius 2 is 1.91 bits per heavy atom. The number of benzene rings is 2. The first-order valence-corrected chi connectivity index (χ1v) is 8.59. The second kappa shape index (κ2) is 7.62. The third-order valence-electron chi connectivity index (χ3n) is 3.83. The van der Waals surface area contributed by atoms with Crippen LogP contribution >= 0.6 is 11.8 Å². The topological polar surface area (TPSA) is 41.1 Å². The fourth-order valence-electron chi connectivity index (χ4n) is 2.62. The molecule has 0 aliphatic carbocycles. The second-order valence-corrected chi connectivity index (χ2v) is 6.68. The van der Waals surface area contributed by atoms with E-state index in [0.717, 1.165) is 25.1 Å². The zero-order chi connectivity index (χ0) is 16.1. The molecule has 1 fully saturated rings. The minimum Gasteiger partial charge on any atom is -0.351 e. The molecule has 2 unspecified atom stereocenters. The molecule has 0 spiro atoms. The van der Waals surface area contributed by atoms with Gasteiger partial charge < -0.3 is 10.6 Å². The predicted octanol–water partition coefficient (Wildman–Crippen LogP) is 3.14. The van der Waals surface area contributed by atoms with Gasteiger partial charge in [-0.25, -0.2) is 4.39 Å². The lowest BCUT2D eigenvalue weighted by Gasteiger charge is -2.20. The van der Waals surface area contributed by atoms with E-state index < -0.39 is 5.25 Å². The summed E-state index contributed by atoms with van der Waals surface area (Å²) in [7, 11) is 0. The van der Waals surface area contributed by atoms with Crippen LogP contribution in [0.5, 0.6) is 0 Å². The average Bonchev–Trinajstić information content (AvgIpc) is 3.08. The molecule has 5 heteroatoms. The molecule has 1 aliphatic rings. The van der Waals surface area contributed by atoms with Crippen LogP contribution in [0.15, 0.2) is 59.5 Å². The van der Waals surface area contributed by atoms with Gasteiger partial charge in [0.15, 0.2) is 0 Å².